The molecular weight excluding hydrogens is 250 g/mol. The molecule has 0 saturated heterocycles. The van der Waals surface area contributed by atoms with Gasteiger partial charge in [-0.1, -0.05) is 54.6 Å². The van der Waals surface area contributed by atoms with E-state index in [0.717, 1.165) is 5.56 Å². The Morgan fingerprint density at radius 3 is 1.85 bits per heavy atom. The van der Waals surface area contributed by atoms with Gasteiger partial charge in [-0.15, -0.1) is 0 Å². The topological polar surface area (TPSA) is 30.5 Å². The zero-order chi connectivity index (χ0) is 14.4. The van der Waals surface area contributed by atoms with Crippen molar-refractivity contribution in [3.8, 4) is 11.1 Å². The number of hydrogen-bond donors (Lipinski definition) is 1. The van der Waals surface area contributed by atoms with Gasteiger partial charge in [0.15, 0.2) is 6.29 Å². The second-order valence-electron chi connectivity index (χ2n) is 4.59. The average Bonchev–Trinajstić information content (AvgIpc) is 2.53. The smallest absolute Gasteiger partial charge is 0.176 e. The minimum Gasteiger partial charge on any atom is -0.354 e. The number of likely N-dealkylation sites (N-methyl/N-ethyl adjacent to an activating group) is 1. The Balaban J connectivity index is 2.23. The number of rotatable bonds is 6. The van der Waals surface area contributed by atoms with Crippen molar-refractivity contribution in [3.05, 3.63) is 60.2 Å². The molecular formula is C17H21NO2. The van der Waals surface area contributed by atoms with Gasteiger partial charge in [0, 0.05) is 14.2 Å². The molecule has 0 bridgehead atoms. The molecule has 1 N–H and O–H groups in total. The van der Waals surface area contributed by atoms with Crippen LogP contribution < -0.4 is 5.32 Å². The molecule has 1 atom stereocenters. The van der Waals surface area contributed by atoms with Crippen LogP contribution in [0.2, 0.25) is 0 Å². The first-order chi connectivity index (χ1) is 9.80. The SMILES string of the molecule is CNC(c1ccc(-c2ccccc2)cc1)C(OC)OC. The summed E-state index contributed by atoms with van der Waals surface area (Å²) < 4.78 is 10.7. The molecule has 0 aliphatic rings. The Kier molecular flexibility index (Phi) is 5.30. The fourth-order valence-electron chi connectivity index (χ4n) is 2.34. The first kappa shape index (κ1) is 14.7. The second-order valence-corrected chi connectivity index (χ2v) is 4.59. The lowest BCUT2D eigenvalue weighted by Gasteiger charge is -2.24. The molecule has 2 aromatic carbocycles. The van der Waals surface area contributed by atoms with Crippen molar-refractivity contribution in [2.75, 3.05) is 21.3 Å². The van der Waals surface area contributed by atoms with Crippen LogP contribution in [0, 0.1) is 0 Å². The number of methoxy groups -OCH3 is 2. The van der Waals surface area contributed by atoms with Gasteiger partial charge in [0.25, 0.3) is 0 Å². The third-order valence-corrected chi connectivity index (χ3v) is 3.42. The lowest BCUT2D eigenvalue weighted by molar-refractivity contribution is -0.123. The summed E-state index contributed by atoms with van der Waals surface area (Å²) in [5, 5.41) is 3.23. The molecule has 0 heterocycles. The van der Waals surface area contributed by atoms with E-state index in [1.54, 1.807) is 14.2 Å². The normalized spacial score (nSPS) is 12.6. The van der Waals surface area contributed by atoms with Crippen LogP contribution in [-0.2, 0) is 9.47 Å². The molecule has 1 unspecified atom stereocenters. The van der Waals surface area contributed by atoms with E-state index >= 15 is 0 Å². The van der Waals surface area contributed by atoms with E-state index < -0.39 is 0 Å². The fraction of sp³-hybridized carbons (Fsp3) is 0.294. The van der Waals surface area contributed by atoms with Crippen LogP contribution in [-0.4, -0.2) is 27.6 Å². The van der Waals surface area contributed by atoms with E-state index in [0.29, 0.717) is 0 Å². The van der Waals surface area contributed by atoms with E-state index in [1.807, 2.05) is 25.2 Å². The van der Waals surface area contributed by atoms with Crippen LogP contribution in [0.15, 0.2) is 54.6 Å². The molecule has 0 amide bonds. The predicted octanol–water partition coefficient (Wildman–Crippen LogP) is 3.23. The maximum atomic E-state index is 5.34. The zero-order valence-electron chi connectivity index (χ0n) is 12.2. The van der Waals surface area contributed by atoms with Crippen LogP contribution in [0.5, 0.6) is 0 Å². The van der Waals surface area contributed by atoms with E-state index in [4.69, 9.17) is 9.47 Å². The molecule has 2 aromatic rings. The summed E-state index contributed by atoms with van der Waals surface area (Å²) >= 11 is 0. The number of nitrogens with one attached hydrogen (secondary N) is 1. The highest BCUT2D eigenvalue weighted by Gasteiger charge is 2.20. The van der Waals surface area contributed by atoms with E-state index in [1.165, 1.54) is 11.1 Å². The molecule has 0 aliphatic heterocycles. The zero-order valence-corrected chi connectivity index (χ0v) is 12.2. The highest BCUT2D eigenvalue weighted by atomic mass is 16.7. The van der Waals surface area contributed by atoms with Crippen LogP contribution in [0.1, 0.15) is 11.6 Å². The highest BCUT2D eigenvalue weighted by molar-refractivity contribution is 5.63. The predicted molar refractivity (Wildman–Crippen MR) is 81.5 cm³/mol. The molecule has 2 rings (SSSR count). The molecule has 0 aromatic heterocycles. The number of hydrogen-bond acceptors (Lipinski definition) is 3. The largest absolute Gasteiger partial charge is 0.354 e. The molecule has 0 saturated carbocycles. The Hall–Kier alpha value is -1.68. The van der Waals surface area contributed by atoms with Gasteiger partial charge < -0.3 is 14.8 Å². The van der Waals surface area contributed by atoms with Gasteiger partial charge in [-0.25, -0.2) is 0 Å². The molecule has 106 valence electrons. The number of ether oxygens (including phenoxy) is 2. The van der Waals surface area contributed by atoms with Gasteiger partial charge in [-0.2, -0.15) is 0 Å². The van der Waals surface area contributed by atoms with Crippen molar-refractivity contribution in [2.24, 2.45) is 0 Å². The van der Waals surface area contributed by atoms with Gasteiger partial charge in [-0.3, -0.25) is 0 Å². The van der Waals surface area contributed by atoms with Crippen LogP contribution in [0.25, 0.3) is 11.1 Å². The first-order valence-electron chi connectivity index (χ1n) is 6.68. The molecule has 0 radical (unpaired) electrons. The third kappa shape index (κ3) is 3.25. The lowest BCUT2D eigenvalue weighted by atomic mass is 10.0. The average molecular weight is 271 g/mol. The van der Waals surface area contributed by atoms with Crippen molar-refractivity contribution in [1.82, 2.24) is 5.32 Å². The minimum atomic E-state index is -0.303. The first-order valence-corrected chi connectivity index (χ1v) is 6.68. The van der Waals surface area contributed by atoms with Crippen LogP contribution in [0.4, 0.5) is 0 Å². The monoisotopic (exact) mass is 271 g/mol. The summed E-state index contributed by atoms with van der Waals surface area (Å²) in [7, 11) is 5.20. The molecule has 0 aliphatic carbocycles. The molecule has 20 heavy (non-hydrogen) atoms. The van der Waals surface area contributed by atoms with Crippen molar-refractivity contribution in [1.29, 1.82) is 0 Å². The van der Waals surface area contributed by atoms with Gasteiger partial charge in [-0.05, 0) is 23.7 Å². The summed E-state index contributed by atoms with van der Waals surface area (Å²) in [5.74, 6) is 0. The van der Waals surface area contributed by atoms with Crippen LogP contribution in [0.3, 0.4) is 0 Å². The Labute approximate surface area is 120 Å². The lowest BCUT2D eigenvalue weighted by Crippen LogP contribution is -2.32. The summed E-state index contributed by atoms with van der Waals surface area (Å²) in [6, 6.07) is 18.8. The molecule has 3 heteroatoms. The summed E-state index contributed by atoms with van der Waals surface area (Å²) in [5.41, 5.74) is 3.56. The highest BCUT2D eigenvalue weighted by Crippen LogP contribution is 2.24. The standard InChI is InChI=1S/C17H21NO2/c1-18-16(17(19-2)20-3)15-11-9-14(10-12-15)13-7-5-4-6-8-13/h4-12,16-18H,1-3H3. The van der Waals surface area contributed by atoms with Gasteiger partial charge in [0.05, 0.1) is 6.04 Å². The quantitative estimate of drug-likeness (QED) is 0.818. The maximum absolute atomic E-state index is 5.34. The molecule has 0 spiro atoms. The van der Waals surface area contributed by atoms with Gasteiger partial charge >= 0.3 is 0 Å². The summed E-state index contributed by atoms with van der Waals surface area (Å²) in [6.07, 6.45) is -0.303. The Morgan fingerprint density at radius 2 is 1.35 bits per heavy atom. The molecule has 3 nitrogen and oxygen atoms in total. The van der Waals surface area contributed by atoms with E-state index in [9.17, 15) is 0 Å². The number of benzene rings is 2. The fourth-order valence-corrected chi connectivity index (χ4v) is 2.34. The molecule has 0 fully saturated rings. The van der Waals surface area contributed by atoms with Crippen molar-refractivity contribution < 1.29 is 9.47 Å². The van der Waals surface area contributed by atoms with Crippen molar-refractivity contribution in [2.45, 2.75) is 12.3 Å². The van der Waals surface area contributed by atoms with Gasteiger partial charge in [0.2, 0.25) is 0 Å². The maximum Gasteiger partial charge on any atom is 0.176 e. The van der Waals surface area contributed by atoms with Crippen molar-refractivity contribution >= 4 is 0 Å². The van der Waals surface area contributed by atoms with E-state index in [2.05, 4.69) is 41.7 Å². The van der Waals surface area contributed by atoms with Crippen LogP contribution >= 0.6 is 0 Å². The van der Waals surface area contributed by atoms with E-state index in [-0.39, 0.29) is 12.3 Å². The summed E-state index contributed by atoms with van der Waals surface area (Å²) in [4.78, 5) is 0. The summed E-state index contributed by atoms with van der Waals surface area (Å²) in [6.45, 7) is 0. The van der Waals surface area contributed by atoms with Crippen molar-refractivity contribution in [3.63, 3.8) is 0 Å². The minimum absolute atomic E-state index is 0.00910. The van der Waals surface area contributed by atoms with Gasteiger partial charge in [0.1, 0.15) is 0 Å². The second kappa shape index (κ2) is 7.20. The Bertz CT molecular complexity index is 506. The third-order valence-electron chi connectivity index (χ3n) is 3.42. The Morgan fingerprint density at radius 1 is 0.800 bits per heavy atom.